The molecular formula is C14H19ClN2O2. The molecule has 5 heteroatoms. The van der Waals surface area contributed by atoms with Gasteiger partial charge in [0.15, 0.2) is 0 Å². The molecule has 0 aliphatic rings. The number of nitrogens with one attached hydrogen (secondary N) is 1. The van der Waals surface area contributed by atoms with E-state index in [2.05, 4.69) is 12.2 Å². The van der Waals surface area contributed by atoms with E-state index in [0.29, 0.717) is 36.0 Å². The monoisotopic (exact) mass is 282 g/mol. The Kier molecular flexibility index (Phi) is 7.27. The summed E-state index contributed by atoms with van der Waals surface area (Å²) in [6.07, 6.45) is 1.47. The molecule has 0 radical (unpaired) electrons. The first-order valence-electron chi connectivity index (χ1n) is 6.36. The second kappa shape index (κ2) is 8.76. The number of benzene rings is 1. The molecule has 2 N–H and O–H groups in total. The molecule has 0 aliphatic carbocycles. The molecule has 104 valence electrons. The Balaban J connectivity index is 2.37. The average molecular weight is 283 g/mol. The molecule has 0 saturated carbocycles. The van der Waals surface area contributed by atoms with Gasteiger partial charge >= 0.3 is 0 Å². The lowest BCUT2D eigenvalue weighted by Crippen LogP contribution is -2.25. The van der Waals surface area contributed by atoms with Gasteiger partial charge in [-0.2, -0.15) is 5.26 Å². The number of nitrogens with zero attached hydrogens (tertiary/aromatic N) is 1. The predicted octanol–water partition coefficient (Wildman–Crippen LogP) is 2.80. The highest BCUT2D eigenvalue weighted by atomic mass is 35.5. The number of aliphatic hydroxyl groups is 1. The van der Waals surface area contributed by atoms with Crippen molar-refractivity contribution in [1.82, 2.24) is 0 Å². The van der Waals surface area contributed by atoms with Crippen LogP contribution in [0.1, 0.15) is 25.3 Å². The minimum atomic E-state index is -0.598. The van der Waals surface area contributed by atoms with Gasteiger partial charge in [0.2, 0.25) is 0 Å². The lowest BCUT2D eigenvalue weighted by atomic mass is 10.2. The summed E-state index contributed by atoms with van der Waals surface area (Å²) in [5.41, 5.74) is 1.17. The highest BCUT2D eigenvalue weighted by Gasteiger charge is 2.06. The van der Waals surface area contributed by atoms with E-state index in [1.807, 2.05) is 6.07 Å². The first kappa shape index (κ1) is 15.8. The van der Waals surface area contributed by atoms with Crippen LogP contribution in [-0.4, -0.2) is 31.0 Å². The van der Waals surface area contributed by atoms with Gasteiger partial charge in [0, 0.05) is 13.2 Å². The molecule has 0 heterocycles. The third-order valence-corrected chi connectivity index (χ3v) is 2.91. The van der Waals surface area contributed by atoms with Crippen molar-refractivity contribution < 1.29 is 9.84 Å². The van der Waals surface area contributed by atoms with Gasteiger partial charge in [-0.3, -0.25) is 0 Å². The van der Waals surface area contributed by atoms with Crippen LogP contribution in [-0.2, 0) is 4.74 Å². The van der Waals surface area contributed by atoms with Crippen LogP contribution >= 0.6 is 11.6 Å². The zero-order valence-electron chi connectivity index (χ0n) is 11.0. The number of unbranched alkanes of at least 4 members (excludes halogenated alkanes) is 1. The summed E-state index contributed by atoms with van der Waals surface area (Å²) in [5, 5.41) is 22.1. The van der Waals surface area contributed by atoms with Crippen molar-refractivity contribution in [2.45, 2.75) is 25.9 Å². The quantitative estimate of drug-likeness (QED) is 0.720. The van der Waals surface area contributed by atoms with E-state index < -0.39 is 6.10 Å². The molecule has 0 spiro atoms. The molecule has 0 aromatic heterocycles. The topological polar surface area (TPSA) is 65.3 Å². The van der Waals surface area contributed by atoms with Crippen molar-refractivity contribution in [1.29, 1.82) is 5.26 Å². The van der Waals surface area contributed by atoms with E-state index in [-0.39, 0.29) is 0 Å². The molecule has 0 amide bonds. The number of hydrogen-bond donors (Lipinski definition) is 2. The second-order valence-electron chi connectivity index (χ2n) is 4.27. The molecule has 4 nitrogen and oxygen atoms in total. The highest BCUT2D eigenvalue weighted by Crippen LogP contribution is 2.22. The highest BCUT2D eigenvalue weighted by molar-refractivity contribution is 6.33. The molecule has 0 bridgehead atoms. The summed E-state index contributed by atoms with van der Waals surface area (Å²) in [6.45, 7) is 3.38. The largest absolute Gasteiger partial charge is 0.389 e. The maximum absolute atomic E-state index is 9.73. The molecule has 0 fully saturated rings. The van der Waals surface area contributed by atoms with E-state index in [1.165, 1.54) is 0 Å². The Bertz CT molecular complexity index is 432. The Labute approximate surface area is 119 Å². The molecule has 1 rings (SSSR count). The van der Waals surface area contributed by atoms with Gasteiger partial charge in [-0.15, -0.1) is 0 Å². The van der Waals surface area contributed by atoms with Crippen molar-refractivity contribution in [3.05, 3.63) is 28.8 Å². The van der Waals surface area contributed by atoms with Gasteiger partial charge in [-0.25, -0.2) is 0 Å². The van der Waals surface area contributed by atoms with E-state index in [9.17, 15) is 5.11 Å². The summed E-state index contributed by atoms with van der Waals surface area (Å²) in [6, 6.07) is 7.01. The van der Waals surface area contributed by atoms with E-state index in [1.54, 1.807) is 18.2 Å². The van der Waals surface area contributed by atoms with Crippen molar-refractivity contribution in [3.8, 4) is 6.07 Å². The Morgan fingerprint density at radius 3 is 3.00 bits per heavy atom. The van der Waals surface area contributed by atoms with Gasteiger partial charge in [0.1, 0.15) is 0 Å². The molecule has 0 saturated heterocycles. The Morgan fingerprint density at radius 2 is 2.32 bits per heavy atom. The maximum atomic E-state index is 9.73. The molecule has 1 aromatic carbocycles. The van der Waals surface area contributed by atoms with E-state index in [0.717, 1.165) is 12.8 Å². The number of anilines is 1. The van der Waals surface area contributed by atoms with Crippen molar-refractivity contribution >= 4 is 17.3 Å². The molecular weight excluding hydrogens is 264 g/mol. The minimum absolute atomic E-state index is 0.294. The number of aliphatic hydroxyl groups excluding tert-OH is 1. The van der Waals surface area contributed by atoms with Crippen molar-refractivity contribution in [3.63, 3.8) is 0 Å². The Morgan fingerprint density at radius 1 is 1.53 bits per heavy atom. The lowest BCUT2D eigenvalue weighted by molar-refractivity contribution is 0.0422. The van der Waals surface area contributed by atoms with E-state index >= 15 is 0 Å². The van der Waals surface area contributed by atoms with Crippen molar-refractivity contribution in [2.75, 3.05) is 25.1 Å². The summed E-state index contributed by atoms with van der Waals surface area (Å²) in [7, 11) is 0. The van der Waals surface area contributed by atoms with Crippen LogP contribution in [0.2, 0.25) is 5.02 Å². The maximum Gasteiger partial charge on any atom is 0.0992 e. The predicted molar refractivity (Wildman–Crippen MR) is 76.4 cm³/mol. The lowest BCUT2D eigenvalue weighted by Gasteiger charge is -2.14. The molecule has 1 unspecified atom stereocenters. The third kappa shape index (κ3) is 5.93. The van der Waals surface area contributed by atoms with Gasteiger partial charge < -0.3 is 15.2 Å². The molecule has 0 aliphatic heterocycles. The zero-order valence-corrected chi connectivity index (χ0v) is 11.8. The van der Waals surface area contributed by atoms with Crippen LogP contribution < -0.4 is 5.32 Å². The van der Waals surface area contributed by atoms with Crippen molar-refractivity contribution in [2.24, 2.45) is 0 Å². The fourth-order valence-corrected chi connectivity index (χ4v) is 1.67. The molecule has 19 heavy (non-hydrogen) atoms. The normalized spacial score (nSPS) is 11.9. The van der Waals surface area contributed by atoms with Crippen LogP contribution in [0.4, 0.5) is 5.69 Å². The van der Waals surface area contributed by atoms with E-state index in [4.69, 9.17) is 21.6 Å². The summed E-state index contributed by atoms with van der Waals surface area (Å²) in [5.74, 6) is 0. The molecule has 1 atom stereocenters. The summed E-state index contributed by atoms with van der Waals surface area (Å²) < 4.78 is 5.32. The van der Waals surface area contributed by atoms with Gasteiger partial charge in [0.05, 0.1) is 35.1 Å². The zero-order chi connectivity index (χ0) is 14.1. The number of ether oxygens (including phenoxy) is 1. The third-order valence-electron chi connectivity index (χ3n) is 2.58. The van der Waals surface area contributed by atoms with Crippen LogP contribution in [0.25, 0.3) is 0 Å². The summed E-state index contributed by atoms with van der Waals surface area (Å²) in [4.78, 5) is 0. The number of hydrogen-bond acceptors (Lipinski definition) is 4. The number of halogens is 1. The first-order chi connectivity index (χ1) is 9.17. The minimum Gasteiger partial charge on any atom is -0.389 e. The summed E-state index contributed by atoms with van der Waals surface area (Å²) >= 11 is 6.00. The number of rotatable bonds is 8. The average Bonchev–Trinajstić information content (AvgIpc) is 2.43. The smallest absolute Gasteiger partial charge is 0.0992 e. The van der Waals surface area contributed by atoms with Crippen LogP contribution in [0.5, 0.6) is 0 Å². The number of nitriles is 1. The standard InChI is InChI=1S/C14H19ClN2O2/c1-2-3-6-19-10-12(18)9-17-14-7-11(8-16)4-5-13(14)15/h4-5,7,12,17-18H,2-3,6,9-10H2,1H3. The van der Waals surface area contributed by atoms with Gasteiger partial charge in [-0.1, -0.05) is 24.9 Å². The SMILES string of the molecule is CCCCOCC(O)CNc1cc(C#N)ccc1Cl. The first-order valence-corrected chi connectivity index (χ1v) is 6.74. The van der Waals surface area contributed by atoms with Crippen LogP contribution in [0, 0.1) is 11.3 Å². The van der Waals surface area contributed by atoms with Crippen LogP contribution in [0.3, 0.4) is 0 Å². The molecule has 1 aromatic rings. The van der Waals surface area contributed by atoms with Gasteiger partial charge in [0.25, 0.3) is 0 Å². The fraction of sp³-hybridized carbons (Fsp3) is 0.500. The second-order valence-corrected chi connectivity index (χ2v) is 4.68. The Hall–Kier alpha value is -1.28. The van der Waals surface area contributed by atoms with Crippen LogP contribution in [0.15, 0.2) is 18.2 Å². The fourth-order valence-electron chi connectivity index (χ4n) is 1.48. The van der Waals surface area contributed by atoms with Gasteiger partial charge in [-0.05, 0) is 24.6 Å².